The van der Waals surface area contributed by atoms with Gasteiger partial charge in [-0.05, 0) is 37.0 Å². The van der Waals surface area contributed by atoms with E-state index >= 15 is 0 Å². The molecular formula is C17H26N2O2. The highest BCUT2D eigenvalue weighted by molar-refractivity contribution is 5.84. The Kier molecular flexibility index (Phi) is 4.88. The smallest absolute Gasteiger partial charge is 0.241 e. The third-order valence-corrected chi connectivity index (χ3v) is 4.41. The second-order valence-corrected chi connectivity index (χ2v) is 6.04. The molecule has 1 aliphatic heterocycles. The summed E-state index contributed by atoms with van der Waals surface area (Å²) in [6.45, 7) is 8.47. The summed E-state index contributed by atoms with van der Waals surface area (Å²) in [6.07, 6.45) is 0.732. The minimum atomic E-state index is -0.0950. The summed E-state index contributed by atoms with van der Waals surface area (Å²) in [5, 5.41) is 3.46. The van der Waals surface area contributed by atoms with Crippen molar-refractivity contribution in [1.82, 2.24) is 10.2 Å². The summed E-state index contributed by atoms with van der Waals surface area (Å²) < 4.78 is 5.31. The fraction of sp³-hybridized carbons (Fsp3) is 0.588. The van der Waals surface area contributed by atoms with Crippen LogP contribution in [0.2, 0.25) is 0 Å². The quantitative estimate of drug-likeness (QED) is 0.906. The lowest BCUT2D eigenvalue weighted by Crippen LogP contribution is -2.41. The Bertz CT molecular complexity index is 501. The van der Waals surface area contributed by atoms with Gasteiger partial charge in [0.05, 0.1) is 13.2 Å². The zero-order valence-corrected chi connectivity index (χ0v) is 13.6. The Labute approximate surface area is 127 Å². The van der Waals surface area contributed by atoms with E-state index in [-0.39, 0.29) is 24.2 Å². The average molecular weight is 290 g/mol. The zero-order chi connectivity index (χ0) is 15.6. The van der Waals surface area contributed by atoms with Crippen LogP contribution in [0.3, 0.4) is 0 Å². The fourth-order valence-electron chi connectivity index (χ4n) is 2.77. The van der Waals surface area contributed by atoms with E-state index in [9.17, 15) is 4.79 Å². The normalized spacial score (nSPS) is 23.7. The van der Waals surface area contributed by atoms with E-state index in [2.05, 4.69) is 26.1 Å². The van der Waals surface area contributed by atoms with E-state index in [4.69, 9.17) is 4.74 Å². The number of carbonyl (C=O) groups is 1. The maximum absolute atomic E-state index is 12.7. The van der Waals surface area contributed by atoms with Gasteiger partial charge in [0, 0.05) is 6.04 Å². The Hall–Kier alpha value is -1.55. The molecule has 4 heteroatoms. The molecule has 0 saturated carbocycles. The summed E-state index contributed by atoms with van der Waals surface area (Å²) >= 11 is 0. The highest BCUT2D eigenvalue weighted by Crippen LogP contribution is 2.32. The molecule has 2 rings (SSSR count). The number of nitrogens with one attached hydrogen (secondary N) is 1. The van der Waals surface area contributed by atoms with Crippen LogP contribution in [0.25, 0.3) is 0 Å². The van der Waals surface area contributed by atoms with Crippen LogP contribution in [0.4, 0.5) is 0 Å². The van der Waals surface area contributed by atoms with Crippen molar-refractivity contribution >= 4 is 5.91 Å². The van der Waals surface area contributed by atoms with Crippen LogP contribution in [0, 0.1) is 5.92 Å². The van der Waals surface area contributed by atoms with Gasteiger partial charge >= 0.3 is 0 Å². The first-order valence-corrected chi connectivity index (χ1v) is 7.71. The molecule has 1 aromatic carbocycles. The van der Waals surface area contributed by atoms with Gasteiger partial charge in [-0.3, -0.25) is 10.1 Å². The second kappa shape index (κ2) is 6.48. The number of hydrogen-bond acceptors (Lipinski definition) is 3. The van der Waals surface area contributed by atoms with Gasteiger partial charge in [0.15, 0.2) is 0 Å². The summed E-state index contributed by atoms with van der Waals surface area (Å²) in [7, 11) is 1.66. The van der Waals surface area contributed by atoms with Gasteiger partial charge in [-0.25, -0.2) is 0 Å². The van der Waals surface area contributed by atoms with Gasteiger partial charge in [0.2, 0.25) is 5.91 Å². The molecule has 1 aliphatic rings. The maximum Gasteiger partial charge on any atom is 0.241 e. The number of hydrogen-bond donors (Lipinski definition) is 1. The van der Waals surface area contributed by atoms with E-state index in [1.54, 1.807) is 7.11 Å². The van der Waals surface area contributed by atoms with Crippen molar-refractivity contribution in [1.29, 1.82) is 0 Å². The van der Waals surface area contributed by atoms with Crippen LogP contribution in [0.1, 0.15) is 45.8 Å². The Balaban J connectivity index is 2.36. The number of methoxy groups -OCH3 is 1. The van der Waals surface area contributed by atoms with Gasteiger partial charge in [0.1, 0.15) is 11.9 Å². The molecule has 0 bridgehead atoms. The number of nitrogens with zero attached hydrogens (tertiary/aromatic N) is 1. The molecule has 1 aromatic rings. The fourth-order valence-corrected chi connectivity index (χ4v) is 2.77. The van der Waals surface area contributed by atoms with Gasteiger partial charge in [-0.2, -0.15) is 0 Å². The van der Waals surface area contributed by atoms with Gasteiger partial charge in [0.25, 0.3) is 0 Å². The molecule has 116 valence electrons. The molecule has 0 spiro atoms. The first-order valence-electron chi connectivity index (χ1n) is 7.71. The molecule has 1 heterocycles. The molecule has 1 amide bonds. The average Bonchev–Trinajstić information content (AvgIpc) is 2.83. The Morgan fingerprint density at radius 3 is 2.62 bits per heavy atom. The zero-order valence-electron chi connectivity index (χ0n) is 13.6. The van der Waals surface area contributed by atoms with Crippen LogP contribution in [0.15, 0.2) is 24.3 Å². The Morgan fingerprint density at radius 1 is 1.33 bits per heavy atom. The first-order chi connectivity index (χ1) is 9.99. The van der Waals surface area contributed by atoms with Crippen LogP contribution in [0.5, 0.6) is 5.75 Å². The lowest BCUT2D eigenvalue weighted by Gasteiger charge is -2.33. The van der Waals surface area contributed by atoms with Crippen molar-refractivity contribution in [3.8, 4) is 5.75 Å². The second-order valence-electron chi connectivity index (χ2n) is 6.04. The highest BCUT2D eigenvalue weighted by atomic mass is 16.5. The largest absolute Gasteiger partial charge is 0.497 e. The van der Waals surface area contributed by atoms with E-state index in [1.165, 1.54) is 0 Å². The maximum atomic E-state index is 12.7. The van der Waals surface area contributed by atoms with Gasteiger partial charge in [-0.1, -0.05) is 32.9 Å². The lowest BCUT2D eigenvalue weighted by molar-refractivity contribution is -0.133. The van der Waals surface area contributed by atoms with Crippen LogP contribution >= 0.6 is 0 Å². The molecule has 1 saturated heterocycles. The van der Waals surface area contributed by atoms with Gasteiger partial charge in [-0.15, -0.1) is 0 Å². The molecule has 3 atom stereocenters. The number of amides is 1. The third-order valence-electron chi connectivity index (χ3n) is 4.41. The molecule has 0 radical (unpaired) electrons. The van der Waals surface area contributed by atoms with Crippen molar-refractivity contribution in [2.75, 3.05) is 7.11 Å². The van der Waals surface area contributed by atoms with Crippen molar-refractivity contribution in [2.45, 2.75) is 52.4 Å². The molecular weight excluding hydrogens is 264 g/mol. The highest BCUT2D eigenvalue weighted by Gasteiger charge is 2.41. The number of carbonyl (C=O) groups excluding carboxylic acids is 1. The molecule has 21 heavy (non-hydrogen) atoms. The van der Waals surface area contributed by atoms with Crippen molar-refractivity contribution in [3.63, 3.8) is 0 Å². The molecule has 4 nitrogen and oxygen atoms in total. The van der Waals surface area contributed by atoms with Gasteiger partial charge < -0.3 is 9.64 Å². The van der Waals surface area contributed by atoms with Crippen LogP contribution < -0.4 is 10.1 Å². The molecule has 0 aliphatic carbocycles. The predicted octanol–water partition coefficient (Wildman–Crippen LogP) is 2.95. The molecule has 3 unspecified atom stereocenters. The molecule has 0 aromatic heterocycles. The summed E-state index contributed by atoms with van der Waals surface area (Å²) in [5.74, 6) is 1.44. The van der Waals surface area contributed by atoms with Crippen molar-refractivity contribution in [3.05, 3.63) is 29.8 Å². The van der Waals surface area contributed by atoms with E-state index in [0.29, 0.717) is 5.92 Å². The topological polar surface area (TPSA) is 41.6 Å². The van der Waals surface area contributed by atoms with Crippen molar-refractivity contribution < 1.29 is 9.53 Å². The van der Waals surface area contributed by atoms with Crippen LogP contribution in [-0.4, -0.2) is 30.0 Å². The van der Waals surface area contributed by atoms with E-state index < -0.39 is 0 Å². The standard InChI is InChI=1S/C17H26N2O2/c1-6-15-17(20)19(12(4)11(2)3)16(18-15)13-8-7-9-14(10-13)21-5/h7-12,15-16,18H,6H2,1-5H3. The van der Waals surface area contributed by atoms with E-state index in [0.717, 1.165) is 17.7 Å². The Morgan fingerprint density at radius 2 is 2.05 bits per heavy atom. The third kappa shape index (κ3) is 3.05. The summed E-state index contributed by atoms with van der Waals surface area (Å²) in [4.78, 5) is 14.6. The minimum absolute atomic E-state index is 0.0741. The van der Waals surface area contributed by atoms with Crippen molar-refractivity contribution in [2.24, 2.45) is 5.92 Å². The first kappa shape index (κ1) is 15.8. The summed E-state index contributed by atoms with van der Waals surface area (Å²) in [5.41, 5.74) is 1.08. The lowest BCUT2D eigenvalue weighted by atomic mass is 10.0. The SMILES string of the molecule is CCC1NC(c2cccc(OC)c2)N(C(C)C(C)C)C1=O. The van der Waals surface area contributed by atoms with Crippen LogP contribution in [-0.2, 0) is 4.79 Å². The summed E-state index contributed by atoms with van der Waals surface area (Å²) in [6, 6.07) is 8.04. The molecule has 1 fully saturated rings. The minimum Gasteiger partial charge on any atom is -0.497 e. The number of ether oxygens (including phenoxy) is 1. The number of rotatable bonds is 5. The molecule has 1 N–H and O–H groups in total. The van der Waals surface area contributed by atoms with E-state index in [1.807, 2.05) is 36.1 Å². The monoisotopic (exact) mass is 290 g/mol. The number of benzene rings is 1. The predicted molar refractivity (Wildman–Crippen MR) is 84.1 cm³/mol.